The van der Waals surface area contributed by atoms with E-state index in [9.17, 15) is 0 Å². The molecule has 0 aliphatic heterocycles. The summed E-state index contributed by atoms with van der Waals surface area (Å²) in [6.07, 6.45) is 0. The number of benzene rings is 2. The smallest absolute Gasteiger partial charge is 0.188 e. The minimum Gasteiger partial charge on any atom is -0.238 e. The van der Waals surface area contributed by atoms with E-state index in [1.807, 2.05) is 42.5 Å². The molecular weight excluding hydrogens is 202 g/mol. The Hall–Kier alpha value is -1.72. The van der Waals surface area contributed by atoms with Crippen LogP contribution in [-0.4, -0.2) is 0 Å². The van der Waals surface area contributed by atoms with Gasteiger partial charge in [-0.3, -0.25) is 0 Å². The van der Waals surface area contributed by atoms with Crippen molar-refractivity contribution in [2.45, 2.75) is 9.79 Å². The summed E-state index contributed by atoms with van der Waals surface area (Å²) in [7, 11) is 0. The van der Waals surface area contributed by atoms with Crippen LogP contribution in [0.1, 0.15) is 0 Å². The largest absolute Gasteiger partial charge is 0.238 e. The van der Waals surface area contributed by atoms with E-state index in [2.05, 4.69) is 17.0 Å². The lowest BCUT2D eigenvalue weighted by Crippen LogP contribution is -1.71. The summed E-state index contributed by atoms with van der Waals surface area (Å²) in [6, 6.07) is 17.8. The lowest BCUT2D eigenvalue weighted by molar-refractivity contribution is 1.41. The summed E-state index contributed by atoms with van der Waals surface area (Å²) in [5.41, 5.74) is 0.691. The SMILES string of the molecule is [C-]#[N+]c1cccc(Sc2ccccc2)c1. The second-order valence-electron chi connectivity index (χ2n) is 3.02. The van der Waals surface area contributed by atoms with Crippen molar-refractivity contribution in [3.05, 3.63) is 66.0 Å². The lowest BCUT2D eigenvalue weighted by atomic mass is 10.3. The van der Waals surface area contributed by atoms with Crippen LogP contribution in [0.5, 0.6) is 0 Å². The molecular formula is C13H9NS. The van der Waals surface area contributed by atoms with Gasteiger partial charge in [0, 0.05) is 9.79 Å². The Morgan fingerprint density at radius 2 is 1.60 bits per heavy atom. The first-order valence-electron chi connectivity index (χ1n) is 4.59. The molecule has 0 amide bonds. The first-order valence-corrected chi connectivity index (χ1v) is 5.40. The highest BCUT2D eigenvalue weighted by Crippen LogP contribution is 2.29. The molecule has 0 N–H and O–H groups in total. The molecule has 0 atom stereocenters. The number of hydrogen-bond acceptors (Lipinski definition) is 1. The van der Waals surface area contributed by atoms with Gasteiger partial charge in [0.25, 0.3) is 0 Å². The van der Waals surface area contributed by atoms with Crippen LogP contribution in [0, 0.1) is 6.57 Å². The van der Waals surface area contributed by atoms with Crippen LogP contribution in [0.2, 0.25) is 0 Å². The van der Waals surface area contributed by atoms with Crippen molar-refractivity contribution in [3.8, 4) is 0 Å². The van der Waals surface area contributed by atoms with Crippen molar-refractivity contribution in [1.29, 1.82) is 0 Å². The second-order valence-corrected chi connectivity index (χ2v) is 4.17. The van der Waals surface area contributed by atoms with Gasteiger partial charge in [0.05, 0.1) is 6.57 Å². The molecule has 0 spiro atoms. The highest BCUT2D eigenvalue weighted by Gasteiger charge is 1.97. The van der Waals surface area contributed by atoms with E-state index < -0.39 is 0 Å². The first-order chi connectivity index (χ1) is 7.38. The Labute approximate surface area is 93.6 Å². The average molecular weight is 211 g/mol. The fourth-order valence-corrected chi connectivity index (χ4v) is 2.13. The molecule has 0 radical (unpaired) electrons. The topological polar surface area (TPSA) is 4.36 Å². The molecule has 0 aliphatic rings. The van der Waals surface area contributed by atoms with Gasteiger partial charge in [-0.25, -0.2) is 4.85 Å². The van der Waals surface area contributed by atoms with Crippen molar-refractivity contribution in [2.75, 3.05) is 0 Å². The van der Waals surface area contributed by atoms with Crippen LogP contribution >= 0.6 is 11.8 Å². The summed E-state index contributed by atoms with van der Waals surface area (Å²) in [6.45, 7) is 6.94. The lowest BCUT2D eigenvalue weighted by Gasteiger charge is -2.01. The Kier molecular flexibility index (Phi) is 3.06. The third-order valence-corrected chi connectivity index (χ3v) is 2.92. The van der Waals surface area contributed by atoms with Crippen molar-refractivity contribution < 1.29 is 0 Å². The molecule has 0 heterocycles. The Bertz CT molecular complexity index is 485. The van der Waals surface area contributed by atoms with Crippen LogP contribution in [0.3, 0.4) is 0 Å². The maximum absolute atomic E-state index is 6.94. The second kappa shape index (κ2) is 4.68. The maximum atomic E-state index is 6.94. The Balaban J connectivity index is 2.22. The summed E-state index contributed by atoms with van der Waals surface area (Å²) in [5.74, 6) is 0. The molecule has 2 rings (SSSR count). The van der Waals surface area contributed by atoms with E-state index in [0.29, 0.717) is 5.69 Å². The monoisotopic (exact) mass is 211 g/mol. The van der Waals surface area contributed by atoms with Gasteiger partial charge in [-0.2, -0.15) is 0 Å². The normalized spacial score (nSPS) is 9.53. The van der Waals surface area contributed by atoms with Gasteiger partial charge in [0.2, 0.25) is 0 Å². The van der Waals surface area contributed by atoms with Crippen LogP contribution in [-0.2, 0) is 0 Å². The molecule has 2 aromatic carbocycles. The van der Waals surface area contributed by atoms with Crippen molar-refractivity contribution in [1.82, 2.24) is 0 Å². The summed E-state index contributed by atoms with van der Waals surface area (Å²) in [5, 5.41) is 0. The van der Waals surface area contributed by atoms with Crippen molar-refractivity contribution in [3.63, 3.8) is 0 Å². The first kappa shape index (κ1) is 9.82. The van der Waals surface area contributed by atoms with Gasteiger partial charge in [0.15, 0.2) is 5.69 Å². The van der Waals surface area contributed by atoms with Crippen LogP contribution in [0.25, 0.3) is 4.85 Å². The number of rotatable bonds is 2. The van der Waals surface area contributed by atoms with E-state index in [-0.39, 0.29) is 0 Å². The molecule has 0 saturated carbocycles. The average Bonchev–Trinajstić information content (AvgIpc) is 2.31. The predicted octanol–water partition coefficient (Wildman–Crippen LogP) is 4.39. The third kappa shape index (κ3) is 2.61. The molecule has 0 aromatic heterocycles. The standard InChI is InChI=1S/C13H9NS/c1-14-11-6-5-9-13(10-11)15-12-7-3-2-4-8-12/h2-10H. The molecule has 0 unspecified atom stereocenters. The van der Waals surface area contributed by atoms with E-state index in [1.165, 1.54) is 4.90 Å². The summed E-state index contributed by atoms with van der Waals surface area (Å²) < 4.78 is 0. The molecule has 1 nitrogen and oxygen atoms in total. The zero-order chi connectivity index (χ0) is 10.5. The van der Waals surface area contributed by atoms with Crippen molar-refractivity contribution >= 4 is 17.4 Å². The number of nitrogens with zero attached hydrogens (tertiary/aromatic N) is 1. The maximum Gasteiger partial charge on any atom is 0.188 e. The van der Waals surface area contributed by atoms with Gasteiger partial charge in [0.1, 0.15) is 0 Å². The van der Waals surface area contributed by atoms with Crippen LogP contribution in [0.4, 0.5) is 5.69 Å². The molecule has 0 fully saturated rings. The molecule has 2 heteroatoms. The fraction of sp³-hybridized carbons (Fsp3) is 0. The van der Waals surface area contributed by atoms with E-state index in [1.54, 1.807) is 11.8 Å². The van der Waals surface area contributed by atoms with Crippen molar-refractivity contribution in [2.24, 2.45) is 0 Å². The molecule has 0 saturated heterocycles. The summed E-state index contributed by atoms with van der Waals surface area (Å²) >= 11 is 1.67. The van der Waals surface area contributed by atoms with E-state index >= 15 is 0 Å². The molecule has 72 valence electrons. The predicted molar refractivity (Wildman–Crippen MR) is 63.3 cm³/mol. The summed E-state index contributed by atoms with van der Waals surface area (Å²) in [4.78, 5) is 5.71. The van der Waals surface area contributed by atoms with Gasteiger partial charge in [-0.1, -0.05) is 48.2 Å². The minimum absolute atomic E-state index is 0.691. The molecule has 2 aromatic rings. The Morgan fingerprint density at radius 3 is 2.33 bits per heavy atom. The zero-order valence-electron chi connectivity index (χ0n) is 8.05. The molecule has 0 aliphatic carbocycles. The quantitative estimate of drug-likeness (QED) is 0.667. The molecule has 0 bridgehead atoms. The minimum atomic E-state index is 0.691. The van der Waals surface area contributed by atoms with Gasteiger partial charge >= 0.3 is 0 Å². The van der Waals surface area contributed by atoms with Crippen LogP contribution in [0.15, 0.2) is 64.4 Å². The van der Waals surface area contributed by atoms with Gasteiger partial charge in [-0.05, 0) is 18.2 Å². The highest BCUT2D eigenvalue weighted by molar-refractivity contribution is 7.99. The van der Waals surface area contributed by atoms with Gasteiger partial charge < -0.3 is 0 Å². The Morgan fingerprint density at radius 1 is 0.867 bits per heavy atom. The zero-order valence-corrected chi connectivity index (χ0v) is 8.87. The van der Waals surface area contributed by atoms with Gasteiger partial charge in [-0.15, -0.1) is 0 Å². The molecule has 15 heavy (non-hydrogen) atoms. The van der Waals surface area contributed by atoms with E-state index in [4.69, 9.17) is 6.57 Å². The third-order valence-electron chi connectivity index (χ3n) is 1.93. The highest BCUT2D eigenvalue weighted by atomic mass is 32.2. The fourth-order valence-electron chi connectivity index (χ4n) is 1.24. The van der Waals surface area contributed by atoms with Crippen LogP contribution < -0.4 is 0 Å². The number of hydrogen-bond donors (Lipinski definition) is 0. The van der Waals surface area contributed by atoms with E-state index in [0.717, 1.165) is 4.90 Å².